The molecule has 0 aromatic heterocycles. The lowest BCUT2D eigenvalue weighted by Gasteiger charge is -2.37. The van der Waals surface area contributed by atoms with Gasteiger partial charge in [0.1, 0.15) is 0 Å². The summed E-state index contributed by atoms with van der Waals surface area (Å²) < 4.78 is 0. The Labute approximate surface area is 105 Å². The predicted octanol–water partition coefficient (Wildman–Crippen LogP) is 2.95. The maximum absolute atomic E-state index is 11.2. The van der Waals surface area contributed by atoms with E-state index >= 15 is 0 Å². The highest BCUT2D eigenvalue weighted by Crippen LogP contribution is 2.21. The first kappa shape index (κ1) is 16.2. The van der Waals surface area contributed by atoms with E-state index in [0.29, 0.717) is 6.54 Å². The molecule has 1 amide bonds. The van der Waals surface area contributed by atoms with Gasteiger partial charge >= 0.3 is 6.09 Å². The van der Waals surface area contributed by atoms with Crippen molar-refractivity contribution in [2.24, 2.45) is 5.92 Å². The fourth-order valence-electron chi connectivity index (χ4n) is 1.93. The van der Waals surface area contributed by atoms with E-state index in [-0.39, 0.29) is 5.92 Å². The van der Waals surface area contributed by atoms with Gasteiger partial charge in [-0.15, -0.1) is 0 Å². The van der Waals surface area contributed by atoms with Gasteiger partial charge in [-0.25, -0.2) is 4.79 Å². The minimum Gasteiger partial charge on any atom is -0.465 e. The number of carboxylic acid groups (broad SMARTS) is 1. The zero-order valence-electron chi connectivity index (χ0n) is 11.7. The second-order valence-electron chi connectivity index (χ2n) is 5.59. The molecule has 0 radical (unpaired) electrons. The van der Waals surface area contributed by atoms with Gasteiger partial charge in [0.25, 0.3) is 0 Å². The summed E-state index contributed by atoms with van der Waals surface area (Å²) in [7, 11) is 0. The average molecular weight is 245 g/mol. The van der Waals surface area contributed by atoms with E-state index in [0.717, 1.165) is 19.3 Å². The Balaban J connectivity index is 4.66. The van der Waals surface area contributed by atoms with Crippen molar-refractivity contribution < 1.29 is 15.0 Å². The molecule has 0 aliphatic carbocycles. The molecule has 1 unspecified atom stereocenters. The van der Waals surface area contributed by atoms with Crippen molar-refractivity contribution in [2.75, 3.05) is 6.54 Å². The Morgan fingerprint density at radius 2 is 1.82 bits per heavy atom. The average Bonchev–Trinajstić information content (AvgIpc) is 2.16. The van der Waals surface area contributed by atoms with Gasteiger partial charge in [0.2, 0.25) is 0 Å². The largest absolute Gasteiger partial charge is 0.465 e. The minimum atomic E-state index is -0.917. The first-order valence-corrected chi connectivity index (χ1v) is 6.42. The number of hydrogen-bond acceptors (Lipinski definition) is 2. The molecule has 0 bridgehead atoms. The molecule has 0 saturated heterocycles. The van der Waals surface area contributed by atoms with Gasteiger partial charge in [0.15, 0.2) is 0 Å². The van der Waals surface area contributed by atoms with Crippen LogP contribution in [0.15, 0.2) is 0 Å². The van der Waals surface area contributed by atoms with Crippen LogP contribution in [-0.2, 0) is 0 Å². The molecule has 2 atom stereocenters. The first-order chi connectivity index (χ1) is 7.73. The Morgan fingerprint density at radius 3 is 2.12 bits per heavy atom. The van der Waals surface area contributed by atoms with Crippen LogP contribution in [0, 0.1) is 5.92 Å². The lowest BCUT2D eigenvalue weighted by molar-refractivity contribution is 0.0417. The van der Waals surface area contributed by atoms with Crippen molar-refractivity contribution in [1.82, 2.24) is 4.90 Å². The van der Waals surface area contributed by atoms with Gasteiger partial charge in [-0.2, -0.15) is 0 Å². The molecule has 0 spiro atoms. The molecule has 2 N–H and O–H groups in total. The summed E-state index contributed by atoms with van der Waals surface area (Å²) in [6.07, 6.45) is 1.12. The van der Waals surface area contributed by atoms with Crippen LogP contribution in [0.4, 0.5) is 4.79 Å². The van der Waals surface area contributed by atoms with Gasteiger partial charge in [0.05, 0.1) is 6.10 Å². The van der Waals surface area contributed by atoms with Crippen molar-refractivity contribution >= 4 is 6.09 Å². The Hall–Kier alpha value is -0.770. The minimum absolute atomic E-state index is 0.0188. The normalized spacial score (nSPS) is 15.4. The van der Waals surface area contributed by atoms with E-state index in [2.05, 4.69) is 0 Å². The van der Waals surface area contributed by atoms with Crippen LogP contribution in [0.5, 0.6) is 0 Å². The summed E-state index contributed by atoms with van der Waals surface area (Å²) in [6, 6.07) is 0. The molecule has 0 aliphatic heterocycles. The number of aliphatic hydroxyl groups excluding tert-OH is 1. The standard InChI is InChI=1S/C13H27NO3/c1-6-8-11(15)10(7-2)9-14(12(16)17)13(3,4)5/h10-11,15H,6-9H2,1-5H3,(H,16,17)/t10-,11?/m0/s1. The zero-order valence-corrected chi connectivity index (χ0v) is 11.7. The van der Waals surface area contributed by atoms with Gasteiger partial charge in [-0.3, -0.25) is 0 Å². The second kappa shape index (κ2) is 6.84. The summed E-state index contributed by atoms with van der Waals surface area (Å²) in [4.78, 5) is 12.6. The molecule has 0 saturated carbocycles. The second-order valence-corrected chi connectivity index (χ2v) is 5.59. The van der Waals surface area contributed by atoms with Crippen molar-refractivity contribution in [2.45, 2.75) is 65.5 Å². The van der Waals surface area contributed by atoms with E-state index in [4.69, 9.17) is 0 Å². The SMILES string of the molecule is CCCC(O)[C@@H](CC)CN(C(=O)O)C(C)(C)C. The van der Waals surface area contributed by atoms with Crippen LogP contribution in [0.3, 0.4) is 0 Å². The van der Waals surface area contributed by atoms with E-state index in [9.17, 15) is 15.0 Å². The summed E-state index contributed by atoms with van der Waals surface area (Å²) >= 11 is 0. The summed E-state index contributed by atoms with van der Waals surface area (Å²) in [6.45, 7) is 10.0. The lowest BCUT2D eigenvalue weighted by atomic mass is 9.93. The highest BCUT2D eigenvalue weighted by atomic mass is 16.4. The molecule has 102 valence electrons. The molecule has 17 heavy (non-hydrogen) atoms. The number of carbonyl (C=O) groups is 1. The highest BCUT2D eigenvalue weighted by Gasteiger charge is 2.30. The van der Waals surface area contributed by atoms with Crippen LogP contribution in [0.25, 0.3) is 0 Å². The van der Waals surface area contributed by atoms with Crippen LogP contribution in [-0.4, -0.2) is 39.4 Å². The van der Waals surface area contributed by atoms with E-state index in [1.165, 1.54) is 4.90 Å². The maximum Gasteiger partial charge on any atom is 0.407 e. The number of hydrogen-bond donors (Lipinski definition) is 2. The lowest BCUT2D eigenvalue weighted by Crippen LogP contribution is -2.48. The predicted molar refractivity (Wildman–Crippen MR) is 69.2 cm³/mol. The Bertz CT molecular complexity index is 235. The van der Waals surface area contributed by atoms with Crippen LogP contribution in [0.2, 0.25) is 0 Å². The van der Waals surface area contributed by atoms with Gasteiger partial charge in [-0.05, 0) is 33.6 Å². The third-order valence-electron chi connectivity index (χ3n) is 3.11. The molecular weight excluding hydrogens is 218 g/mol. The molecule has 0 aromatic rings. The van der Waals surface area contributed by atoms with E-state index in [1.54, 1.807) is 0 Å². The third-order valence-corrected chi connectivity index (χ3v) is 3.11. The number of nitrogens with zero attached hydrogens (tertiary/aromatic N) is 1. The van der Waals surface area contributed by atoms with Crippen LogP contribution < -0.4 is 0 Å². The molecule has 0 aromatic carbocycles. The van der Waals surface area contributed by atoms with Crippen LogP contribution >= 0.6 is 0 Å². The quantitative estimate of drug-likeness (QED) is 0.756. The number of rotatable bonds is 6. The summed E-state index contributed by atoms with van der Waals surface area (Å²) in [5.74, 6) is 0.0188. The molecule has 0 fully saturated rings. The van der Waals surface area contributed by atoms with E-state index in [1.807, 2.05) is 34.6 Å². The fourth-order valence-corrected chi connectivity index (χ4v) is 1.93. The number of aliphatic hydroxyl groups is 1. The Kier molecular flexibility index (Phi) is 6.53. The fraction of sp³-hybridized carbons (Fsp3) is 0.923. The molecule has 0 heterocycles. The van der Waals surface area contributed by atoms with Crippen molar-refractivity contribution in [1.29, 1.82) is 0 Å². The summed E-state index contributed by atoms with van der Waals surface area (Å²) in [5, 5.41) is 19.2. The van der Waals surface area contributed by atoms with Crippen molar-refractivity contribution in [3.63, 3.8) is 0 Å². The third kappa shape index (κ3) is 5.39. The van der Waals surface area contributed by atoms with Crippen molar-refractivity contribution in [3.8, 4) is 0 Å². The zero-order chi connectivity index (χ0) is 13.6. The van der Waals surface area contributed by atoms with Gasteiger partial charge < -0.3 is 15.1 Å². The molecule has 4 nitrogen and oxygen atoms in total. The molecular formula is C13H27NO3. The van der Waals surface area contributed by atoms with E-state index < -0.39 is 17.7 Å². The number of amides is 1. The monoisotopic (exact) mass is 245 g/mol. The molecule has 0 rings (SSSR count). The summed E-state index contributed by atoms with van der Waals surface area (Å²) in [5.41, 5.74) is -0.425. The maximum atomic E-state index is 11.2. The van der Waals surface area contributed by atoms with Crippen molar-refractivity contribution in [3.05, 3.63) is 0 Å². The van der Waals surface area contributed by atoms with Gasteiger partial charge in [-0.1, -0.05) is 20.3 Å². The smallest absolute Gasteiger partial charge is 0.407 e. The van der Waals surface area contributed by atoms with Crippen LogP contribution in [0.1, 0.15) is 53.9 Å². The highest BCUT2D eigenvalue weighted by molar-refractivity contribution is 5.66. The van der Waals surface area contributed by atoms with Gasteiger partial charge in [0, 0.05) is 18.0 Å². The molecule has 4 heteroatoms. The molecule has 0 aliphatic rings. The topological polar surface area (TPSA) is 60.8 Å². The first-order valence-electron chi connectivity index (χ1n) is 6.42. The Morgan fingerprint density at radius 1 is 1.29 bits per heavy atom.